The van der Waals surface area contributed by atoms with Gasteiger partial charge in [0, 0.05) is 7.05 Å². The normalized spacial score (nSPS) is 11.9. The first-order valence-electron chi connectivity index (χ1n) is 7.11. The second kappa shape index (κ2) is 6.68. The van der Waals surface area contributed by atoms with E-state index in [4.69, 9.17) is 9.47 Å². The zero-order valence-electron chi connectivity index (χ0n) is 13.8. The summed E-state index contributed by atoms with van der Waals surface area (Å²) in [5.74, 6) is -0.0855. The van der Waals surface area contributed by atoms with Gasteiger partial charge in [0.05, 0.1) is 31.5 Å². The third kappa shape index (κ3) is 3.13. The van der Waals surface area contributed by atoms with Crippen molar-refractivity contribution in [2.24, 2.45) is 7.05 Å². The first-order chi connectivity index (χ1) is 10.9. The third-order valence-corrected chi connectivity index (χ3v) is 3.60. The van der Waals surface area contributed by atoms with Gasteiger partial charge in [-0.3, -0.25) is 4.79 Å². The topological polar surface area (TPSA) is 65.4 Å². The lowest BCUT2D eigenvalue weighted by Gasteiger charge is -2.18. The molecule has 124 valence electrons. The van der Waals surface area contributed by atoms with E-state index in [1.807, 2.05) is 0 Å². The molecule has 0 radical (unpaired) electrons. The van der Waals surface area contributed by atoms with Crippen LogP contribution in [0, 0.1) is 12.7 Å². The summed E-state index contributed by atoms with van der Waals surface area (Å²) in [6.45, 7) is 3.41. The van der Waals surface area contributed by atoms with Crippen LogP contribution in [0.25, 0.3) is 0 Å². The van der Waals surface area contributed by atoms with Crippen molar-refractivity contribution in [1.29, 1.82) is 0 Å². The summed E-state index contributed by atoms with van der Waals surface area (Å²) in [6, 6.07) is 3.96. The average Bonchev–Trinajstić information content (AvgIpc) is 2.80. The molecule has 0 bridgehead atoms. The average molecular weight is 321 g/mol. The summed E-state index contributed by atoms with van der Waals surface area (Å²) < 4.78 is 26.0. The van der Waals surface area contributed by atoms with Crippen molar-refractivity contribution >= 4 is 5.91 Å². The lowest BCUT2D eigenvalue weighted by atomic mass is 10.1. The van der Waals surface area contributed by atoms with Crippen molar-refractivity contribution in [3.8, 4) is 11.6 Å². The van der Waals surface area contributed by atoms with E-state index in [2.05, 4.69) is 10.4 Å². The third-order valence-electron chi connectivity index (χ3n) is 3.60. The van der Waals surface area contributed by atoms with Gasteiger partial charge in [-0.05, 0) is 26.0 Å². The second-order valence-electron chi connectivity index (χ2n) is 5.14. The van der Waals surface area contributed by atoms with Crippen LogP contribution in [0.3, 0.4) is 0 Å². The van der Waals surface area contributed by atoms with Crippen molar-refractivity contribution in [2.75, 3.05) is 14.2 Å². The van der Waals surface area contributed by atoms with Gasteiger partial charge in [0.25, 0.3) is 5.91 Å². The van der Waals surface area contributed by atoms with Gasteiger partial charge in [-0.1, -0.05) is 6.07 Å². The molecule has 23 heavy (non-hydrogen) atoms. The highest BCUT2D eigenvalue weighted by atomic mass is 19.1. The number of benzene rings is 1. The van der Waals surface area contributed by atoms with Crippen LogP contribution in [-0.4, -0.2) is 29.9 Å². The van der Waals surface area contributed by atoms with E-state index < -0.39 is 11.9 Å². The minimum Gasteiger partial charge on any atom is -0.496 e. The molecule has 1 aromatic carbocycles. The molecule has 0 aliphatic rings. The summed E-state index contributed by atoms with van der Waals surface area (Å²) in [7, 11) is 4.61. The Morgan fingerprint density at radius 1 is 1.35 bits per heavy atom. The molecule has 0 aliphatic heterocycles. The summed E-state index contributed by atoms with van der Waals surface area (Å²) in [6.07, 6.45) is 0. The van der Waals surface area contributed by atoms with E-state index in [0.29, 0.717) is 28.5 Å². The van der Waals surface area contributed by atoms with Crippen LogP contribution in [0.15, 0.2) is 18.2 Å². The standard InChI is InChI=1S/C16H20FN3O3/c1-9(13-11(17)7-6-8-12(13)22-4)18-15(21)14-10(2)19-20(3)16(14)23-5/h6-9H,1-5H3,(H,18,21). The zero-order valence-corrected chi connectivity index (χ0v) is 13.8. The molecule has 0 fully saturated rings. The summed E-state index contributed by atoms with van der Waals surface area (Å²) in [5.41, 5.74) is 1.16. The molecule has 1 aromatic heterocycles. The number of aromatic nitrogens is 2. The van der Waals surface area contributed by atoms with Crippen molar-refractivity contribution in [3.05, 3.63) is 40.8 Å². The Morgan fingerprint density at radius 2 is 2.04 bits per heavy atom. The Labute approximate surface area is 134 Å². The molecule has 1 atom stereocenters. The molecule has 7 heteroatoms. The van der Waals surface area contributed by atoms with E-state index in [-0.39, 0.29) is 5.91 Å². The Kier molecular flexibility index (Phi) is 4.88. The number of halogens is 1. The van der Waals surface area contributed by atoms with Gasteiger partial charge in [0.1, 0.15) is 17.1 Å². The van der Waals surface area contributed by atoms with Gasteiger partial charge >= 0.3 is 0 Å². The highest BCUT2D eigenvalue weighted by Gasteiger charge is 2.24. The maximum Gasteiger partial charge on any atom is 0.259 e. The van der Waals surface area contributed by atoms with Gasteiger partial charge in [0.2, 0.25) is 5.88 Å². The van der Waals surface area contributed by atoms with E-state index in [9.17, 15) is 9.18 Å². The van der Waals surface area contributed by atoms with Crippen molar-refractivity contribution in [1.82, 2.24) is 15.1 Å². The number of ether oxygens (including phenoxy) is 2. The quantitative estimate of drug-likeness (QED) is 0.918. The number of hydrogen-bond acceptors (Lipinski definition) is 4. The van der Waals surface area contributed by atoms with Crippen molar-refractivity contribution in [2.45, 2.75) is 19.9 Å². The number of carbonyl (C=O) groups excluding carboxylic acids is 1. The molecule has 2 aromatic rings. The highest BCUT2D eigenvalue weighted by Crippen LogP contribution is 2.29. The molecule has 1 heterocycles. The van der Waals surface area contributed by atoms with E-state index in [1.165, 1.54) is 25.0 Å². The Hall–Kier alpha value is -2.57. The van der Waals surface area contributed by atoms with Crippen LogP contribution in [0.2, 0.25) is 0 Å². The van der Waals surface area contributed by atoms with Crippen LogP contribution in [0.1, 0.15) is 34.6 Å². The summed E-state index contributed by atoms with van der Waals surface area (Å²) >= 11 is 0. The number of aryl methyl sites for hydroxylation is 2. The smallest absolute Gasteiger partial charge is 0.259 e. The van der Waals surface area contributed by atoms with E-state index >= 15 is 0 Å². The van der Waals surface area contributed by atoms with E-state index in [0.717, 1.165) is 0 Å². The van der Waals surface area contributed by atoms with Crippen LogP contribution in [0.4, 0.5) is 4.39 Å². The highest BCUT2D eigenvalue weighted by molar-refractivity contribution is 5.97. The minimum atomic E-state index is -0.581. The molecule has 0 saturated heterocycles. The first-order valence-corrected chi connectivity index (χ1v) is 7.11. The monoisotopic (exact) mass is 321 g/mol. The Balaban J connectivity index is 2.31. The molecular formula is C16H20FN3O3. The predicted octanol–water partition coefficient (Wildman–Crippen LogP) is 2.38. The fraction of sp³-hybridized carbons (Fsp3) is 0.375. The van der Waals surface area contributed by atoms with Crippen molar-refractivity contribution in [3.63, 3.8) is 0 Å². The molecule has 6 nitrogen and oxygen atoms in total. The van der Waals surface area contributed by atoms with Crippen molar-refractivity contribution < 1.29 is 18.7 Å². The Bertz CT molecular complexity index is 728. The maximum absolute atomic E-state index is 14.1. The van der Waals surface area contributed by atoms with Gasteiger partial charge in [-0.25, -0.2) is 9.07 Å². The molecule has 1 amide bonds. The molecule has 1 unspecified atom stereocenters. The van der Waals surface area contributed by atoms with Crippen LogP contribution in [-0.2, 0) is 7.05 Å². The number of carbonyl (C=O) groups is 1. The number of nitrogens with zero attached hydrogens (tertiary/aromatic N) is 2. The summed E-state index contributed by atoms with van der Waals surface area (Å²) in [4.78, 5) is 12.5. The fourth-order valence-corrected chi connectivity index (χ4v) is 2.59. The van der Waals surface area contributed by atoms with Gasteiger partial charge in [-0.2, -0.15) is 5.10 Å². The Morgan fingerprint density at radius 3 is 2.65 bits per heavy atom. The predicted molar refractivity (Wildman–Crippen MR) is 83.3 cm³/mol. The molecule has 0 saturated carbocycles. The summed E-state index contributed by atoms with van der Waals surface area (Å²) in [5, 5.41) is 6.93. The largest absolute Gasteiger partial charge is 0.496 e. The number of rotatable bonds is 5. The van der Waals surface area contributed by atoms with Crippen LogP contribution >= 0.6 is 0 Å². The SMILES string of the molecule is COc1cccc(F)c1C(C)NC(=O)c1c(C)nn(C)c1OC. The number of methoxy groups -OCH3 is 2. The van der Waals surface area contributed by atoms with E-state index in [1.54, 1.807) is 33.0 Å². The molecule has 0 aliphatic carbocycles. The van der Waals surface area contributed by atoms with Crippen LogP contribution < -0.4 is 14.8 Å². The lowest BCUT2D eigenvalue weighted by Crippen LogP contribution is -2.28. The maximum atomic E-state index is 14.1. The molecule has 0 spiro atoms. The number of nitrogens with one attached hydrogen (secondary N) is 1. The molecular weight excluding hydrogens is 301 g/mol. The lowest BCUT2D eigenvalue weighted by molar-refractivity contribution is 0.0935. The van der Waals surface area contributed by atoms with Gasteiger partial charge in [0.15, 0.2) is 0 Å². The second-order valence-corrected chi connectivity index (χ2v) is 5.14. The zero-order chi connectivity index (χ0) is 17.1. The molecule has 2 rings (SSSR count). The minimum absolute atomic E-state index is 0.295. The number of hydrogen-bond donors (Lipinski definition) is 1. The first kappa shape index (κ1) is 16.8. The van der Waals surface area contributed by atoms with Gasteiger partial charge < -0.3 is 14.8 Å². The fourth-order valence-electron chi connectivity index (χ4n) is 2.59. The van der Waals surface area contributed by atoms with Crippen LogP contribution in [0.5, 0.6) is 11.6 Å². The molecule has 1 N–H and O–H groups in total. The number of amides is 1. The van der Waals surface area contributed by atoms with Gasteiger partial charge in [-0.15, -0.1) is 0 Å².